The van der Waals surface area contributed by atoms with Gasteiger partial charge in [0, 0.05) is 6.21 Å². The van der Waals surface area contributed by atoms with Crippen molar-refractivity contribution in [2.24, 2.45) is 4.99 Å². The van der Waals surface area contributed by atoms with Crippen LogP contribution in [0.3, 0.4) is 0 Å². The third-order valence-corrected chi connectivity index (χ3v) is 2.38. The van der Waals surface area contributed by atoms with E-state index >= 15 is 0 Å². The maximum absolute atomic E-state index is 10.5. The lowest BCUT2D eigenvalue weighted by Gasteiger charge is -2.22. The van der Waals surface area contributed by atoms with E-state index in [0.29, 0.717) is 0 Å². The number of allylic oxidation sites excluding steroid dienone is 1. The van der Waals surface area contributed by atoms with Gasteiger partial charge in [0.25, 0.3) is 0 Å². The zero-order chi connectivity index (χ0) is 8.48. The Morgan fingerprint density at radius 3 is 2.73 bits per heavy atom. The lowest BCUT2D eigenvalue weighted by molar-refractivity contribution is -0.138. The fourth-order valence-corrected chi connectivity index (χ4v) is 1.03. The molecule has 0 radical (unpaired) electrons. The van der Waals surface area contributed by atoms with Crippen LogP contribution >= 0.6 is 23.2 Å². The van der Waals surface area contributed by atoms with Crippen LogP contribution in [0.5, 0.6) is 0 Å². The molecule has 3 nitrogen and oxygen atoms in total. The summed E-state index contributed by atoms with van der Waals surface area (Å²) in [4.78, 5) is 12.6. The Kier molecular flexibility index (Phi) is 2.20. The van der Waals surface area contributed by atoms with Gasteiger partial charge in [-0.25, -0.2) is 4.79 Å². The molecular formula is C6H5Cl2NO2. The minimum atomic E-state index is -1.59. The first kappa shape index (κ1) is 8.56. The number of nitrogens with zero attached hydrogens (tertiary/aromatic N) is 1. The fourth-order valence-electron chi connectivity index (χ4n) is 0.669. The number of halogens is 2. The van der Waals surface area contributed by atoms with Crippen LogP contribution in [0.2, 0.25) is 0 Å². The van der Waals surface area contributed by atoms with Crippen LogP contribution in [0.4, 0.5) is 0 Å². The van der Waals surface area contributed by atoms with Gasteiger partial charge >= 0.3 is 5.97 Å². The molecule has 0 spiro atoms. The van der Waals surface area contributed by atoms with Crippen LogP contribution < -0.4 is 0 Å². The number of carboxylic acid groups (broad SMARTS) is 1. The summed E-state index contributed by atoms with van der Waals surface area (Å²) >= 11 is 11.2. The summed E-state index contributed by atoms with van der Waals surface area (Å²) in [5, 5.41) is 8.63. The zero-order valence-corrected chi connectivity index (χ0v) is 6.88. The SMILES string of the molecule is O=C(O)C1(Cl)C=CC=NC1Cl. The van der Waals surface area contributed by atoms with Crippen molar-refractivity contribution in [3.8, 4) is 0 Å². The number of rotatable bonds is 1. The molecule has 0 amide bonds. The van der Waals surface area contributed by atoms with Crippen LogP contribution in [-0.2, 0) is 4.79 Å². The van der Waals surface area contributed by atoms with Gasteiger partial charge in [-0.1, -0.05) is 23.2 Å². The van der Waals surface area contributed by atoms with Crippen molar-refractivity contribution in [2.75, 3.05) is 0 Å². The summed E-state index contributed by atoms with van der Waals surface area (Å²) in [5.74, 6) is -1.19. The van der Waals surface area contributed by atoms with Crippen LogP contribution in [0.15, 0.2) is 17.1 Å². The molecule has 1 heterocycles. The van der Waals surface area contributed by atoms with Gasteiger partial charge in [-0.15, -0.1) is 0 Å². The average Bonchev–Trinajstić information content (AvgIpc) is 1.95. The molecule has 2 unspecified atom stereocenters. The summed E-state index contributed by atoms with van der Waals surface area (Å²) in [5.41, 5.74) is -0.938. The van der Waals surface area contributed by atoms with E-state index in [1.807, 2.05) is 0 Å². The molecule has 0 aliphatic carbocycles. The molecule has 11 heavy (non-hydrogen) atoms. The summed E-state index contributed by atoms with van der Waals surface area (Å²) in [6, 6.07) is 0. The molecule has 0 saturated carbocycles. The first-order valence-corrected chi connectivity index (χ1v) is 3.66. The van der Waals surface area contributed by atoms with Crippen LogP contribution in [0.25, 0.3) is 0 Å². The second-order valence-electron chi connectivity index (χ2n) is 2.07. The van der Waals surface area contributed by atoms with Gasteiger partial charge in [-0.3, -0.25) is 4.99 Å². The zero-order valence-electron chi connectivity index (χ0n) is 5.37. The Balaban J connectivity index is 2.94. The Bertz CT molecular complexity index is 239. The number of alkyl halides is 2. The number of hydrogen-bond donors (Lipinski definition) is 1. The molecule has 0 bridgehead atoms. The number of aliphatic carboxylic acids is 1. The van der Waals surface area contributed by atoms with Gasteiger partial charge in [0.1, 0.15) is 0 Å². The molecule has 5 heteroatoms. The molecule has 1 rings (SSSR count). The minimum Gasteiger partial charge on any atom is -0.480 e. The molecule has 0 saturated heterocycles. The molecule has 0 aromatic rings. The normalized spacial score (nSPS) is 35.6. The standard InChI is InChI=1S/C6H5Cl2NO2/c7-4-6(8,5(10)11)2-1-3-9-4/h1-4H,(H,10,11). The monoisotopic (exact) mass is 193 g/mol. The highest BCUT2D eigenvalue weighted by Gasteiger charge is 2.42. The van der Waals surface area contributed by atoms with Gasteiger partial charge in [-0.05, 0) is 12.2 Å². The number of aliphatic imine (C=N–C) groups is 1. The first-order chi connectivity index (χ1) is 5.07. The van der Waals surface area contributed by atoms with E-state index in [0.717, 1.165) is 0 Å². The molecule has 1 aliphatic rings. The topological polar surface area (TPSA) is 49.7 Å². The first-order valence-electron chi connectivity index (χ1n) is 2.85. The summed E-state index contributed by atoms with van der Waals surface area (Å²) in [6.45, 7) is 0. The van der Waals surface area contributed by atoms with Crippen molar-refractivity contribution < 1.29 is 9.90 Å². The van der Waals surface area contributed by atoms with Gasteiger partial charge in [-0.2, -0.15) is 0 Å². The van der Waals surface area contributed by atoms with E-state index < -0.39 is 16.3 Å². The number of dihydropyridines is 1. The van der Waals surface area contributed by atoms with E-state index in [-0.39, 0.29) is 0 Å². The van der Waals surface area contributed by atoms with Crippen LogP contribution in [0, 0.1) is 0 Å². The van der Waals surface area contributed by atoms with Gasteiger partial charge < -0.3 is 5.11 Å². The molecular weight excluding hydrogens is 189 g/mol. The van der Waals surface area contributed by atoms with Crippen molar-refractivity contribution in [1.82, 2.24) is 0 Å². The second kappa shape index (κ2) is 2.83. The molecule has 1 N–H and O–H groups in total. The van der Waals surface area contributed by atoms with Gasteiger partial charge in [0.2, 0.25) is 0 Å². The number of carboxylic acids is 1. The highest BCUT2D eigenvalue weighted by Crippen LogP contribution is 2.29. The van der Waals surface area contributed by atoms with Gasteiger partial charge in [0.05, 0.1) is 0 Å². The average molecular weight is 194 g/mol. The molecule has 0 aromatic heterocycles. The van der Waals surface area contributed by atoms with Crippen molar-refractivity contribution in [1.29, 1.82) is 0 Å². The smallest absolute Gasteiger partial charge is 0.332 e. The third-order valence-electron chi connectivity index (χ3n) is 1.32. The predicted molar refractivity (Wildman–Crippen MR) is 43.5 cm³/mol. The summed E-state index contributed by atoms with van der Waals surface area (Å²) < 4.78 is 0. The van der Waals surface area contributed by atoms with Crippen molar-refractivity contribution in [3.63, 3.8) is 0 Å². The summed E-state index contributed by atoms with van der Waals surface area (Å²) in [7, 11) is 0. The minimum absolute atomic E-state index is 0.938. The molecule has 0 aromatic carbocycles. The molecule has 2 atom stereocenters. The fraction of sp³-hybridized carbons (Fsp3) is 0.333. The molecule has 60 valence electrons. The largest absolute Gasteiger partial charge is 0.480 e. The Labute approximate surface area is 73.3 Å². The summed E-state index contributed by atoms with van der Waals surface area (Å²) in [6.07, 6.45) is 4.18. The lowest BCUT2D eigenvalue weighted by atomic mass is 10.1. The van der Waals surface area contributed by atoms with E-state index in [2.05, 4.69) is 4.99 Å². The second-order valence-corrected chi connectivity index (χ2v) is 3.11. The quantitative estimate of drug-likeness (QED) is 0.504. The highest BCUT2D eigenvalue weighted by molar-refractivity contribution is 6.42. The van der Waals surface area contributed by atoms with Crippen molar-refractivity contribution >= 4 is 35.4 Å². The molecule has 1 aliphatic heterocycles. The Hall–Kier alpha value is -0.540. The number of hydrogen-bond acceptors (Lipinski definition) is 2. The maximum Gasteiger partial charge on any atom is 0.332 e. The highest BCUT2D eigenvalue weighted by atomic mass is 35.5. The van der Waals surface area contributed by atoms with Crippen molar-refractivity contribution in [2.45, 2.75) is 10.4 Å². The van der Waals surface area contributed by atoms with E-state index in [4.69, 9.17) is 28.3 Å². The number of carbonyl (C=O) groups is 1. The van der Waals surface area contributed by atoms with Crippen LogP contribution in [0.1, 0.15) is 0 Å². The maximum atomic E-state index is 10.5. The Morgan fingerprint density at radius 1 is 1.73 bits per heavy atom. The molecule has 0 fully saturated rings. The van der Waals surface area contributed by atoms with Crippen LogP contribution in [-0.4, -0.2) is 27.7 Å². The van der Waals surface area contributed by atoms with E-state index in [9.17, 15) is 4.79 Å². The Morgan fingerprint density at radius 2 is 2.36 bits per heavy atom. The van der Waals surface area contributed by atoms with E-state index in [1.54, 1.807) is 0 Å². The lowest BCUT2D eigenvalue weighted by Crippen LogP contribution is -2.40. The predicted octanol–water partition coefficient (Wildman–Crippen LogP) is 1.25. The van der Waals surface area contributed by atoms with Crippen molar-refractivity contribution in [3.05, 3.63) is 12.2 Å². The van der Waals surface area contributed by atoms with E-state index in [1.165, 1.54) is 18.4 Å². The third kappa shape index (κ3) is 1.39. The van der Waals surface area contributed by atoms with Gasteiger partial charge in [0.15, 0.2) is 10.4 Å².